The maximum Gasteiger partial charge on any atom is 0.147 e. The van der Waals surface area contributed by atoms with Crippen LogP contribution in [0.25, 0.3) is 5.70 Å². The summed E-state index contributed by atoms with van der Waals surface area (Å²) in [6, 6.07) is 23.2. The molecule has 0 amide bonds. The van der Waals surface area contributed by atoms with Crippen molar-refractivity contribution in [2.24, 2.45) is 0 Å². The van der Waals surface area contributed by atoms with Crippen molar-refractivity contribution >= 4 is 44.5 Å². The third-order valence-electron chi connectivity index (χ3n) is 4.99. The second-order valence-corrected chi connectivity index (χ2v) is 11.2. The van der Waals surface area contributed by atoms with E-state index < -0.39 is 21.0 Å². The number of benzene rings is 3. The van der Waals surface area contributed by atoms with Gasteiger partial charge >= 0.3 is 0 Å². The highest BCUT2D eigenvalue weighted by molar-refractivity contribution is 8.12. The molecule has 9 heteroatoms. The van der Waals surface area contributed by atoms with Gasteiger partial charge in [-0.15, -0.1) is 0 Å². The van der Waals surface area contributed by atoms with Crippen molar-refractivity contribution in [3.63, 3.8) is 0 Å². The zero-order valence-corrected chi connectivity index (χ0v) is 19.8. The van der Waals surface area contributed by atoms with E-state index in [2.05, 4.69) is 10.6 Å². The summed E-state index contributed by atoms with van der Waals surface area (Å²) in [5.41, 5.74) is 4.58. The first-order valence-electron chi connectivity index (χ1n) is 9.98. The second kappa shape index (κ2) is 9.00. The van der Waals surface area contributed by atoms with Crippen LogP contribution in [-0.2, 0) is 3.74 Å². The number of halogens is 1. The van der Waals surface area contributed by atoms with E-state index in [9.17, 15) is 14.0 Å². The minimum absolute atomic E-state index is 0.568. The van der Waals surface area contributed by atoms with Crippen LogP contribution in [0, 0.1) is 17.2 Å². The third kappa shape index (κ3) is 5.02. The van der Waals surface area contributed by atoms with Gasteiger partial charge in [0.05, 0.1) is 25.9 Å². The predicted octanol–water partition coefficient (Wildman–Crippen LogP) is 3.15. The fourth-order valence-corrected chi connectivity index (χ4v) is 7.02. The Hall–Kier alpha value is -2.56. The van der Waals surface area contributed by atoms with Gasteiger partial charge in [0.25, 0.3) is 0 Å². The molecule has 5 rings (SSSR count). The Kier molecular flexibility index (Phi) is 6.07. The third-order valence-corrected chi connectivity index (χ3v) is 8.54. The lowest BCUT2D eigenvalue weighted by Crippen LogP contribution is -2.60. The second-order valence-electron chi connectivity index (χ2n) is 7.39. The summed E-state index contributed by atoms with van der Waals surface area (Å²) >= 11 is 1.54. The van der Waals surface area contributed by atoms with Crippen LogP contribution in [-0.4, -0.2) is 4.86 Å². The molecule has 2 aliphatic rings. The molecule has 2 N–H and O–H groups in total. The van der Waals surface area contributed by atoms with Crippen LogP contribution in [0.3, 0.4) is 0 Å². The molecule has 2 heterocycles. The lowest BCUT2D eigenvalue weighted by molar-refractivity contribution is -1.91. The molecule has 168 valence electrons. The van der Waals surface area contributed by atoms with Crippen LogP contribution >= 0.6 is 22.5 Å². The number of para-hydroxylation sites is 1. The molecule has 33 heavy (non-hydrogen) atoms. The average Bonchev–Trinajstić information content (AvgIpc) is 3.19. The van der Waals surface area contributed by atoms with Gasteiger partial charge in [0.15, 0.2) is 0 Å². The van der Waals surface area contributed by atoms with Crippen LogP contribution in [0.1, 0.15) is 11.1 Å². The molecule has 3 aromatic carbocycles. The summed E-state index contributed by atoms with van der Waals surface area (Å²) in [5.74, 6) is 0. The summed E-state index contributed by atoms with van der Waals surface area (Å²) < 4.78 is 39.8. The number of anilines is 2. The van der Waals surface area contributed by atoms with Gasteiger partial charge in [-0.05, 0) is 49.4 Å². The summed E-state index contributed by atoms with van der Waals surface area (Å²) in [6.45, 7) is 2.02. The first kappa shape index (κ1) is 22.2. The number of thioether (sulfide) groups is 1. The highest BCUT2D eigenvalue weighted by Crippen LogP contribution is 2.44. The highest BCUT2D eigenvalue weighted by Gasteiger charge is 2.31. The quantitative estimate of drug-likeness (QED) is 0.411. The molecule has 1 atom stereocenters. The molecule has 0 saturated heterocycles. The minimum atomic E-state index is -4.63. The number of nitrogens with one attached hydrogen (secondary N) is 2. The Labute approximate surface area is 200 Å². The Morgan fingerprint density at radius 3 is 2.45 bits per heavy atom. The molecule has 3 aromatic rings. The van der Waals surface area contributed by atoms with Gasteiger partial charge in [-0.1, -0.05) is 59.8 Å². The van der Waals surface area contributed by atoms with Gasteiger partial charge in [-0.2, -0.15) is 14.0 Å². The summed E-state index contributed by atoms with van der Waals surface area (Å²) in [6.07, 6.45) is 3.67. The Morgan fingerprint density at radius 2 is 1.70 bits per heavy atom. The van der Waals surface area contributed by atoms with Crippen LogP contribution in [0.5, 0.6) is 0 Å². The van der Waals surface area contributed by atoms with Crippen molar-refractivity contribution < 1.29 is 28.0 Å². The lowest BCUT2D eigenvalue weighted by atomic mass is 10.1. The lowest BCUT2D eigenvalue weighted by Gasteiger charge is -2.23. The highest BCUT2D eigenvalue weighted by atomic mass is 35.7. The van der Waals surface area contributed by atoms with Gasteiger partial charge < -0.3 is 10.6 Å². The summed E-state index contributed by atoms with van der Waals surface area (Å²) in [5, 5.41) is 7.57. The van der Waals surface area contributed by atoms with Gasteiger partial charge in [-0.25, -0.2) is 0 Å². The normalized spacial score (nSPS) is 18.4. The first-order valence-corrected chi connectivity index (χ1v) is 13.2. The molecular formula is C24H19ClN2O4S2. The first-order chi connectivity index (χ1) is 15.9. The van der Waals surface area contributed by atoms with Crippen LogP contribution in [0.2, 0.25) is 0 Å². The van der Waals surface area contributed by atoms with E-state index in [0.29, 0.717) is 9.76 Å². The van der Waals surface area contributed by atoms with Crippen LogP contribution < -0.4 is 24.6 Å². The number of hydrogen-bond acceptors (Lipinski definition) is 7. The molecule has 6 nitrogen and oxygen atoms in total. The molecule has 0 aromatic heterocycles. The van der Waals surface area contributed by atoms with Gasteiger partial charge in [0, 0.05) is 26.7 Å². The van der Waals surface area contributed by atoms with Gasteiger partial charge in [0.1, 0.15) is 14.5 Å². The standard InChI is InChI=1S/C24H19ClN2O4S2/c1-16-10-12-17(13-11-16)26-21-14-18(15-24-27-20-7-3-4-8-22(20)32-24)33(31-25(28,29)30)23-9-5-2-6-19(21)23/h2-15,26-27H,1H3/b24-15-. The van der Waals surface area contributed by atoms with Crippen molar-refractivity contribution in [3.05, 3.63) is 101 Å². The van der Waals surface area contributed by atoms with E-state index in [1.165, 1.54) is 11.8 Å². The van der Waals surface area contributed by atoms with Crippen LogP contribution in [0.15, 0.2) is 99.8 Å². The van der Waals surface area contributed by atoms with E-state index in [4.69, 9.17) is 3.74 Å². The molecule has 0 spiro atoms. The monoisotopic (exact) mass is 498 g/mol. The maximum atomic E-state index is 11.6. The molecule has 0 aliphatic carbocycles. The van der Waals surface area contributed by atoms with Crippen molar-refractivity contribution in [1.82, 2.24) is 0 Å². The Morgan fingerprint density at radius 1 is 0.970 bits per heavy atom. The van der Waals surface area contributed by atoms with Gasteiger partial charge in [0.2, 0.25) is 0 Å². The molecule has 0 fully saturated rings. The van der Waals surface area contributed by atoms with E-state index in [1.807, 2.05) is 79.7 Å². The molecule has 0 radical (unpaired) electrons. The zero-order valence-electron chi connectivity index (χ0n) is 17.4. The van der Waals surface area contributed by atoms with E-state index in [0.717, 1.165) is 38.1 Å². The SMILES string of the molecule is Cc1ccc(NC2=CC(/C=C3/Nc4ccccc4S3)=S(O[Cl+3]([O-])([O-])[O-])c3ccccc32)cc1. The molecule has 0 saturated carbocycles. The largest absolute Gasteiger partial charge is 0.355 e. The molecule has 1 unspecified atom stereocenters. The van der Waals surface area contributed by atoms with Crippen molar-refractivity contribution in [2.75, 3.05) is 10.6 Å². The maximum absolute atomic E-state index is 11.6. The predicted molar refractivity (Wildman–Crippen MR) is 125 cm³/mol. The number of allylic oxidation sites excluding steroid dienone is 2. The zero-order chi connectivity index (χ0) is 23.0. The number of hydrogen-bond donors (Lipinski definition) is 2. The Balaban J connectivity index is 1.61. The summed E-state index contributed by atoms with van der Waals surface area (Å²) in [7, 11) is -6.04. The van der Waals surface area contributed by atoms with E-state index in [1.54, 1.807) is 12.1 Å². The Bertz CT molecular complexity index is 1290. The molecule has 2 aliphatic heterocycles. The van der Waals surface area contributed by atoms with Crippen molar-refractivity contribution in [3.8, 4) is 0 Å². The number of fused-ring (bicyclic) bond motifs is 2. The summed E-state index contributed by atoms with van der Waals surface area (Å²) in [4.78, 5) is 2.25. The van der Waals surface area contributed by atoms with Crippen molar-refractivity contribution in [2.45, 2.75) is 16.7 Å². The van der Waals surface area contributed by atoms with Crippen molar-refractivity contribution in [1.29, 1.82) is 0 Å². The number of rotatable bonds is 5. The average molecular weight is 499 g/mol. The van der Waals surface area contributed by atoms with E-state index >= 15 is 0 Å². The number of aryl methyl sites for hydroxylation is 1. The fraction of sp³-hybridized carbons (Fsp3) is 0.0417. The molecular weight excluding hydrogens is 480 g/mol. The van der Waals surface area contributed by atoms with Gasteiger partial charge in [-0.3, -0.25) is 0 Å². The van der Waals surface area contributed by atoms with Crippen LogP contribution in [0.4, 0.5) is 11.4 Å². The minimum Gasteiger partial charge on any atom is -0.355 e. The fourth-order valence-electron chi connectivity index (χ4n) is 3.52. The topological polar surface area (TPSA) is 102 Å². The smallest absolute Gasteiger partial charge is 0.147 e. The van der Waals surface area contributed by atoms with E-state index in [-0.39, 0.29) is 0 Å². The molecule has 0 bridgehead atoms.